The molecule has 1 unspecified atom stereocenters. The average Bonchev–Trinajstić information content (AvgIpc) is 2.68. The van der Waals surface area contributed by atoms with Crippen LogP contribution in [0.15, 0.2) is 78.9 Å². The van der Waals surface area contributed by atoms with Crippen molar-refractivity contribution in [3.05, 3.63) is 95.8 Å². The number of halogens is 1. The number of ether oxygens (including phenoxy) is 1. The van der Waals surface area contributed by atoms with Crippen LogP contribution in [0, 0.1) is 5.82 Å². The molecule has 0 radical (unpaired) electrons. The first kappa shape index (κ1) is 17.8. The third-order valence-corrected chi connectivity index (χ3v) is 4.06. The first-order valence-corrected chi connectivity index (χ1v) is 8.35. The highest BCUT2D eigenvalue weighted by Crippen LogP contribution is 2.20. The Morgan fingerprint density at radius 1 is 0.846 bits per heavy atom. The van der Waals surface area contributed by atoms with Crippen molar-refractivity contribution in [3.63, 3.8) is 0 Å². The second kappa shape index (κ2) is 8.41. The van der Waals surface area contributed by atoms with E-state index in [1.165, 1.54) is 12.1 Å². The number of benzene rings is 3. The summed E-state index contributed by atoms with van der Waals surface area (Å²) in [6, 6.07) is 23.0. The van der Waals surface area contributed by atoms with Crippen molar-refractivity contribution in [2.75, 3.05) is 0 Å². The Labute approximate surface area is 151 Å². The Bertz CT molecular complexity index is 843. The van der Waals surface area contributed by atoms with Gasteiger partial charge < -0.3 is 9.84 Å². The molecular formula is C22H19FO3. The molecular weight excluding hydrogens is 331 g/mol. The SMILES string of the molecule is O=C(OCc1ccccc1)C(O)Cc1ccc(-c2ccc(F)cc2)cc1. The van der Waals surface area contributed by atoms with Gasteiger partial charge in [0.15, 0.2) is 6.10 Å². The van der Waals surface area contributed by atoms with E-state index in [0.717, 1.165) is 22.3 Å². The number of aliphatic hydroxyl groups excluding tert-OH is 1. The molecule has 1 N–H and O–H groups in total. The summed E-state index contributed by atoms with van der Waals surface area (Å²) < 4.78 is 18.1. The van der Waals surface area contributed by atoms with Crippen LogP contribution >= 0.6 is 0 Å². The molecule has 0 aliphatic carbocycles. The van der Waals surface area contributed by atoms with E-state index < -0.39 is 12.1 Å². The minimum atomic E-state index is -1.21. The zero-order valence-corrected chi connectivity index (χ0v) is 14.1. The van der Waals surface area contributed by atoms with Gasteiger partial charge in [0.2, 0.25) is 0 Å². The summed E-state index contributed by atoms with van der Waals surface area (Å²) in [6.07, 6.45) is -1.03. The number of rotatable bonds is 6. The predicted molar refractivity (Wildman–Crippen MR) is 97.8 cm³/mol. The second-order valence-corrected chi connectivity index (χ2v) is 6.02. The molecule has 3 rings (SSSR count). The first-order valence-electron chi connectivity index (χ1n) is 8.35. The highest BCUT2D eigenvalue weighted by Gasteiger charge is 2.17. The largest absolute Gasteiger partial charge is 0.459 e. The van der Waals surface area contributed by atoms with E-state index in [0.29, 0.717) is 0 Å². The van der Waals surface area contributed by atoms with Crippen LogP contribution in [0.25, 0.3) is 11.1 Å². The molecule has 0 spiro atoms. The van der Waals surface area contributed by atoms with Gasteiger partial charge in [0.05, 0.1) is 0 Å². The maximum atomic E-state index is 13.0. The summed E-state index contributed by atoms with van der Waals surface area (Å²) in [5, 5.41) is 10.0. The van der Waals surface area contributed by atoms with Crippen LogP contribution in [-0.4, -0.2) is 17.2 Å². The standard InChI is InChI=1S/C22H19FO3/c23-20-12-10-19(11-13-20)18-8-6-16(7-9-18)14-21(24)22(25)26-15-17-4-2-1-3-5-17/h1-13,21,24H,14-15H2. The summed E-state index contributed by atoms with van der Waals surface area (Å²) in [5.41, 5.74) is 3.53. The second-order valence-electron chi connectivity index (χ2n) is 6.02. The minimum Gasteiger partial charge on any atom is -0.459 e. The Morgan fingerprint density at radius 3 is 2.04 bits per heavy atom. The molecule has 0 saturated carbocycles. The lowest BCUT2D eigenvalue weighted by atomic mass is 10.0. The van der Waals surface area contributed by atoms with Gasteiger partial charge >= 0.3 is 5.97 Å². The maximum Gasteiger partial charge on any atom is 0.335 e. The van der Waals surface area contributed by atoms with Crippen LogP contribution in [0.1, 0.15) is 11.1 Å². The van der Waals surface area contributed by atoms with Gasteiger partial charge in [0, 0.05) is 6.42 Å². The van der Waals surface area contributed by atoms with E-state index >= 15 is 0 Å². The molecule has 0 aromatic heterocycles. The van der Waals surface area contributed by atoms with Crippen molar-refractivity contribution in [2.45, 2.75) is 19.1 Å². The Morgan fingerprint density at radius 2 is 1.42 bits per heavy atom. The molecule has 3 nitrogen and oxygen atoms in total. The van der Waals surface area contributed by atoms with Gasteiger partial charge in [-0.15, -0.1) is 0 Å². The maximum absolute atomic E-state index is 13.0. The molecule has 4 heteroatoms. The van der Waals surface area contributed by atoms with Gasteiger partial charge in [-0.1, -0.05) is 66.7 Å². The molecule has 0 bridgehead atoms. The van der Waals surface area contributed by atoms with Gasteiger partial charge in [-0.05, 0) is 34.4 Å². The predicted octanol–water partition coefficient (Wildman–Crippen LogP) is 4.14. The zero-order chi connectivity index (χ0) is 18.4. The van der Waals surface area contributed by atoms with Crippen LogP contribution in [-0.2, 0) is 22.6 Å². The fraction of sp³-hybridized carbons (Fsp3) is 0.136. The molecule has 0 aliphatic rings. The van der Waals surface area contributed by atoms with Crippen molar-refractivity contribution in [2.24, 2.45) is 0 Å². The molecule has 0 fully saturated rings. The van der Waals surface area contributed by atoms with Gasteiger partial charge in [0.1, 0.15) is 12.4 Å². The molecule has 132 valence electrons. The fourth-order valence-corrected chi connectivity index (χ4v) is 2.61. The highest BCUT2D eigenvalue weighted by atomic mass is 19.1. The van der Waals surface area contributed by atoms with Crippen LogP contribution in [0.3, 0.4) is 0 Å². The van der Waals surface area contributed by atoms with Crippen LogP contribution in [0.2, 0.25) is 0 Å². The van der Waals surface area contributed by atoms with Crippen LogP contribution < -0.4 is 0 Å². The Hall–Kier alpha value is -2.98. The molecule has 3 aromatic rings. The number of hydrogen-bond donors (Lipinski definition) is 1. The quantitative estimate of drug-likeness (QED) is 0.680. The Kier molecular flexibility index (Phi) is 5.77. The monoisotopic (exact) mass is 350 g/mol. The lowest BCUT2D eigenvalue weighted by Gasteiger charge is -2.11. The fourth-order valence-electron chi connectivity index (χ4n) is 2.61. The summed E-state index contributed by atoms with van der Waals surface area (Å²) in [4.78, 5) is 11.9. The summed E-state index contributed by atoms with van der Waals surface area (Å²) in [7, 11) is 0. The van der Waals surface area contributed by atoms with Crippen molar-refractivity contribution in [1.82, 2.24) is 0 Å². The van der Waals surface area contributed by atoms with Gasteiger partial charge in [-0.2, -0.15) is 0 Å². The van der Waals surface area contributed by atoms with E-state index in [1.54, 1.807) is 12.1 Å². The Balaban J connectivity index is 1.56. The molecule has 0 amide bonds. The summed E-state index contributed by atoms with van der Waals surface area (Å²) in [5.74, 6) is -0.918. The molecule has 0 aliphatic heterocycles. The number of carbonyl (C=O) groups excluding carboxylic acids is 1. The van der Waals surface area contributed by atoms with E-state index in [9.17, 15) is 14.3 Å². The normalized spacial score (nSPS) is 11.8. The molecule has 1 atom stereocenters. The zero-order valence-electron chi connectivity index (χ0n) is 14.1. The number of hydrogen-bond acceptors (Lipinski definition) is 3. The third-order valence-electron chi connectivity index (χ3n) is 4.06. The average molecular weight is 350 g/mol. The van der Waals surface area contributed by atoms with Gasteiger partial charge in [0.25, 0.3) is 0 Å². The molecule has 0 saturated heterocycles. The molecule has 0 heterocycles. The highest BCUT2D eigenvalue weighted by molar-refractivity contribution is 5.75. The van der Waals surface area contributed by atoms with Gasteiger partial charge in [-0.25, -0.2) is 9.18 Å². The topological polar surface area (TPSA) is 46.5 Å². The van der Waals surface area contributed by atoms with Gasteiger partial charge in [-0.3, -0.25) is 0 Å². The van der Waals surface area contributed by atoms with E-state index in [-0.39, 0.29) is 18.8 Å². The third kappa shape index (κ3) is 4.77. The summed E-state index contributed by atoms with van der Waals surface area (Å²) >= 11 is 0. The van der Waals surface area contributed by atoms with E-state index in [4.69, 9.17) is 4.74 Å². The van der Waals surface area contributed by atoms with Crippen LogP contribution in [0.4, 0.5) is 4.39 Å². The van der Waals surface area contributed by atoms with Crippen molar-refractivity contribution < 1.29 is 19.0 Å². The van der Waals surface area contributed by atoms with Crippen molar-refractivity contribution >= 4 is 5.97 Å². The first-order chi connectivity index (χ1) is 12.6. The van der Waals surface area contributed by atoms with E-state index in [2.05, 4.69) is 0 Å². The smallest absolute Gasteiger partial charge is 0.335 e. The van der Waals surface area contributed by atoms with Crippen molar-refractivity contribution in [3.8, 4) is 11.1 Å². The van der Waals surface area contributed by atoms with Crippen molar-refractivity contribution in [1.29, 1.82) is 0 Å². The number of carbonyl (C=O) groups is 1. The lowest BCUT2D eigenvalue weighted by Crippen LogP contribution is -2.25. The van der Waals surface area contributed by atoms with E-state index in [1.807, 2.05) is 54.6 Å². The number of esters is 1. The lowest BCUT2D eigenvalue weighted by molar-refractivity contribution is -0.154. The minimum absolute atomic E-state index is 0.139. The summed E-state index contributed by atoms with van der Waals surface area (Å²) in [6.45, 7) is 0.139. The van der Waals surface area contributed by atoms with Crippen LogP contribution in [0.5, 0.6) is 0 Å². The number of aliphatic hydroxyl groups is 1. The molecule has 3 aromatic carbocycles. The molecule has 26 heavy (non-hydrogen) atoms.